The van der Waals surface area contributed by atoms with Crippen molar-refractivity contribution in [1.29, 1.82) is 0 Å². The van der Waals surface area contributed by atoms with E-state index >= 15 is 0 Å². The van der Waals surface area contributed by atoms with Crippen LogP contribution < -0.4 is 10.1 Å². The van der Waals surface area contributed by atoms with Crippen molar-refractivity contribution >= 4 is 39.3 Å². The number of aryl methyl sites for hydroxylation is 1. The zero-order valence-corrected chi connectivity index (χ0v) is 17.6. The van der Waals surface area contributed by atoms with Crippen LogP contribution in [0.3, 0.4) is 0 Å². The summed E-state index contributed by atoms with van der Waals surface area (Å²) in [5.74, 6) is 1.93. The third kappa shape index (κ3) is 4.25. The van der Waals surface area contributed by atoms with Crippen molar-refractivity contribution in [2.24, 2.45) is 7.05 Å². The van der Waals surface area contributed by atoms with Gasteiger partial charge in [-0.15, -0.1) is 0 Å². The standard InChI is InChI=1S/C19H20ClN5O3S/c1-19(5-7-29(27)8-6-19)24-18(26)17-23-13-11-22-16(9-14(13)25(17)2)28-15-4-3-12(20)10-21-15/h3-4,9-11H,5-8H2,1-2H3,(H,24,26). The molecule has 1 N–H and O–H groups in total. The highest BCUT2D eigenvalue weighted by Crippen LogP contribution is 2.25. The van der Waals surface area contributed by atoms with Crippen LogP contribution in [-0.2, 0) is 17.8 Å². The fourth-order valence-electron chi connectivity index (χ4n) is 3.23. The van der Waals surface area contributed by atoms with E-state index in [1.54, 1.807) is 36.0 Å². The highest BCUT2D eigenvalue weighted by Gasteiger charge is 2.32. The summed E-state index contributed by atoms with van der Waals surface area (Å²) < 4.78 is 19.0. The minimum atomic E-state index is -0.791. The zero-order chi connectivity index (χ0) is 20.6. The van der Waals surface area contributed by atoms with E-state index in [-0.39, 0.29) is 17.3 Å². The molecule has 1 aliphatic rings. The SMILES string of the molecule is Cn1c(C(=O)NC2(C)CCS(=O)CC2)nc2cnc(Oc3ccc(Cl)cn3)cc21. The number of amides is 1. The van der Waals surface area contributed by atoms with Gasteiger partial charge in [-0.25, -0.2) is 15.0 Å². The average Bonchev–Trinajstić information content (AvgIpc) is 3.03. The third-order valence-electron chi connectivity index (χ3n) is 5.03. The smallest absolute Gasteiger partial charge is 0.287 e. The molecule has 1 fully saturated rings. The van der Waals surface area contributed by atoms with Crippen molar-refractivity contribution in [3.63, 3.8) is 0 Å². The molecule has 0 saturated carbocycles. The number of nitrogens with zero attached hydrogens (tertiary/aromatic N) is 4. The number of carbonyl (C=O) groups excluding carboxylic acids is 1. The molecule has 1 amide bonds. The highest BCUT2D eigenvalue weighted by atomic mass is 35.5. The van der Waals surface area contributed by atoms with Crippen LogP contribution in [0.5, 0.6) is 11.8 Å². The molecule has 4 heterocycles. The van der Waals surface area contributed by atoms with Gasteiger partial charge in [-0.05, 0) is 25.8 Å². The molecule has 0 unspecified atom stereocenters. The van der Waals surface area contributed by atoms with Crippen LogP contribution in [0.25, 0.3) is 11.0 Å². The fourth-order valence-corrected chi connectivity index (χ4v) is 4.90. The molecule has 0 atom stereocenters. The predicted molar refractivity (Wildman–Crippen MR) is 111 cm³/mol. The molecule has 4 rings (SSSR count). The lowest BCUT2D eigenvalue weighted by molar-refractivity contribution is 0.0887. The van der Waals surface area contributed by atoms with Crippen LogP contribution in [0.2, 0.25) is 5.02 Å². The lowest BCUT2D eigenvalue weighted by atomic mass is 9.95. The van der Waals surface area contributed by atoms with Crippen molar-refractivity contribution in [3.8, 4) is 11.8 Å². The topological polar surface area (TPSA) is 99.0 Å². The first kappa shape index (κ1) is 19.8. The second kappa shape index (κ2) is 7.72. The van der Waals surface area contributed by atoms with Gasteiger partial charge in [0.15, 0.2) is 5.82 Å². The molecule has 0 bridgehead atoms. The second-order valence-corrected chi connectivity index (χ2v) is 9.42. The molecule has 3 aromatic heterocycles. The summed E-state index contributed by atoms with van der Waals surface area (Å²) in [5, 5.41) is 3.58. The van der Waals surface area contributed by atoms with E-state index in [2.05, 4.69) is 20.3 Å². The van der Waals surface area contributed by atoms with Crippen molar-refractivity contribution in [2.45, 2.75) is 25.3 Å². The van der Waals surface area contributed by atoms with Gasteiger partial charge in [-0.3, -0.25) is 9.00 Å². The Labute approximate surface area is 175 Å². The number of hydrogen-bond donors (Lipinski definition) is 1. The molecule has 0 aromatic carbocycles. The monoisotopic (exact) mass is 433 g/mol. The maximum absolute atomic E-state index is 12.9. The largest absolute Gasteiger partial charge is 0.421 e. The van der Waals surface area contributed by atoms with E-state index in [1.165, 1.54) is 6.20 Å². The molecule has 0 radical (unpaired) electrons. The second-order valence-electron chi connectivity index (χ2n) is 7.29. The molecule has 10 heteroatoms. The number of aromatic nitrogens is 4. The number of nitrogens with one attached hydrogen (secondary N) is 1. The van der Waals surface area contributed by atoms with Crippen molar-refractivity contribution in [2.75, 3.05) is 11.5 Å². The van der Waals surface area contributed by atoms with Gasteiger partial charge in [0.2, 0.25) is 11.8 Å². The number of imidazole rings is 1. The van der Waals surface area contributed by atoms with Gasteiger partial charge in [0, 0.05) is 53.2 Å². The Bertz CT molecular complexity index is 1090. The Morgan fingerprint density at radius 2 is 1.97 bits per heavy atom. The van der Waals surface area contributed by atoms with Gasteiger partial charge in [0.25, 0.3) is 5.91 Å². The minimum Gasteiger partial charge on any atom is -0.421 e. The van der Waals surface area contributed by atoms with E-state index in [9.17, 15) is 9.00 Å². The zero-order valence-electron chi connectivity index (χ0n) is 16.0. The lowest BCUT2D eigenvalue weighted by Crippen LogP contribution is -2.50. The first-order valence-corrected chi connectivity index (χ1v) is 11.0. The van der Waals surface area contributed by atoms with E-state index in [0.29, 0.717) is 52.2 Å². The molecule has 1 saturated heterocycles. The molecule has 152 valence electrons. The fraction of sp³-hybridized carbons (Fsp3) is 0.368. The van der Waals surface area contributed by atoms with Gasteiger partial charge >= 0.3 is 0 Å². The molecule has 29 heavy (non-hydrogen) atoms. The Morgan fingerprint density at radius 3 is 2.66 bits per heavy atom. The predicted octanol–water partition coefficient (Wildman–Crippen LogP) is 2.84. The highest BCUT2D eigenvalue weighted by molar-refractivity contribution is 7.85. The van der Waals surface area contributed by atoms with Gasteiger partial charge in [0.05, 0.1) is 16.7 Å². The first-order chi connectivity index (χ1) is 13.8. The maximum atomic E-state index is 12.9. The van der Waals surface area contributed by atoms with Gasteiger partial charge < -0.3 is 14.6 Å². The van der Waals surface area contributed by atoms with Crippen LogP contribution >= 0.6 is 11.6 Å². The summed E-state index contributed by atoms with van der Waals surface area (Å²) in [4.78, 5) is 25.6. The van der Waals surface area contributed by atoms with Gasteiger partial charge in [-0.1, -0.05) is 11.6 Å². The summed E-state index contributed by atoms with van der Waals surface area (Å²) >= 11 is 5.83. The van der Waals surface area contributed by atoms with Crippen molar-refractivity contribution in [1.82, 2.24) is 24.8 Å². The van der Waals surface area contributed by atoms with E-state index in [4.69, 9.17) is 16.3 Å². The summed E-state index contributed by atoms with van der Waals surface area (Å²) in [6.45, 7) is 1.98. The lowest BCUT2D eigenvalue weighted by Gasteiger charge is -2.33. The summed E-state index contributed by atoms with van der Waals surface area (Å²) in [6, 6.07) is 5.03. The van der Waals surface area contributed by atoms with E-state index in [1.807, 2.05) is 6.92 Å². The molecular weight excluding hydrogens is 414 g/mol. The average molecular weight is 434 g/mol. The van der Waals surface area contributed by atoms with Gasteiger partial charge in [0.1, 0.15) is 5.52 Å². The summed E-state index contributed by atoms with van der Waals surface area (Å²) in [6.07, 6.45) is 4.41. The minimum absolute atomic E-state index is 0.263. The Hall–Kier alpha value is -2.52. The maximum Gasteiger partial charge on any atom is 0.287 e. The van der Waals surface area contributed by atoms with Crippen LogP contribution in [0.4, 0.5) is 0 Å². The van der Waals surface area contributed by atoms with Crippen LogP contribution in [0.15, 0.2) is 30.6 Å². The number of ether oxygens (including phenoxy) is 1. The normalized spacial score (nSPS) is 21.8. The Kier molecular flexibility index (Phi) is 5.26. The van der Waals surface area contributed by atoms with Crippen molar-refractivity contribution in [3.05, 3.63) is 41.4 Å². The summed E-state index contributed by atoms with van der Waals surface area (Å²) in [7, 11) is 0.980. The van der Waals surface area contributed by atoms with Crippen LogP contribution in [0.1, 0.15) is 30.4 Å². The number of fused-ring (bicyclic) bond motifs is 1. The molecule has 0 aliphatic carbocycles. The Balaban J connectivity index is 1.56. The van der Waals surface area contributed by atoms with Crippen LogP contribution in [-0.4, -0.2) is 46.7 Å². The number of hydrogen-bond acceptors (Lipinski definition) is 6. The third-order valence-corrected chi connectivity index (χ3v) is 6.58. The number of carbonyl (C=O) groups is 1. The first-order valence-electron chi connectivity index (χ1n) is 9.12. The van der Waals surface area contributed by atoms with E-state index in [0.717, 1.165) is 0 Å². The van der Waals surface area contributed by atoms with E-state index < -0.39 is 10.8 Å². The number of halogens is 1. The number of rotatable bonds is 4. The van der Waals surface area contributed by atoms with Crippen molar-refractivity contribution < 1.29 is 13.7 Å². The molecule has 1 aliphatic heterocycles. The Morgan fingerprint density at radius 1 is 1.24 bits per heavy atom. The molecule has 0 spiro atoms. The number of pyridine rings is 2. The molecule has 3 aromatic rings. The molecular formula is C19H20ClN5O3S. The quantitative estimate of drug-likeness (QED) is 0.679. The molecule has 8 nitrogen and oxygen atoms in total. The van der Waals surface area contributed by atoms with Crippen LogP contribution in [0, 0.1) is 0 Å². The van der Waals surface area contributed by atoms with Gasteiger partial charge in [-0.2, -0.15) is 0 Å². The summed E-state index contributed by atoms with van der Waals surface area (Å²) in [5.41, 5.74) is 0.920.